The fourth-order valence-electron chi connectivity index (χ4n) is 3.47. The highest BCUT2D eigenvalue weighted by molar-refractivity contribution is 5.94. The number of hydrogen-bond donors (Lipinski definition) is 1. The molecule has 2 aliphatic rings. The normalized spacial score (nSPS) is 26.4. The van der Waals surface area contributed by atoms with Crippen LogP contribution in [0, 0.1) is 0 Å². The summed E-state index contributed by atoms with van der Waals surface area (Å²) >= 11 is 0. The van der Waals surface area contributed by atoms with E-state index >= 15 is 0 Å². The van der Waals surface area contributed by atoms with Crippen molar-refractivity contribution in [3.05, 3.63) is 34.2 Å². The van der Waals surface area contributed by atoms with E-state index in [2.05, 4.69) is 4.90 Å². The minimum atomic E-state index is -0.223. The number of aromatic nitrogens is 1. The summed E-state index contributed by atoms with van der Waals surface area (Å²) in [6.07, 6.45) is 4.42. The zero-order chi connectivity index (χ0) is 15.7. The van der Waals surface area contributed by atoms with Gasteiger partial charge in [-0.1, -0.05) is 0 Å². The lowest BCUT2D eigenvalue weighted by molar-refractivity contribution is 0.0315. The quantitative estimate of drug-likeness (QED) is 0.839. The van der Waals surface area contributed by atoms with Gasteiger partial charge in [0.05, 0.1) is 6.10 Å². The molecule has 2 fully saturated rings. The molecule has 1 saturated heterocycles. The molecule has 1 aromatic heterocycles. The summed E-state index contributed by atoms with van der Waals surface area (Å²) in [5.41, 5.74) is 0.288. The minimum absolute atomic E-state index is 0.0793. The van der Waals surface area contributed by atoms with Crippen molar-refractivity contribution in [3.8, 4) is 0 Å². The topological polar surface area (TPSA) is 65.8 Å². The monoisotopic (exact) mass is 305 g/mol. The maximum atomic E-state index is 12.5. The second-order valence-electron chi connectivity index (χ2n) is 6.26. The van der Waals surface area contributed by atoms with Crippen LogP contribution in [0.1, 0.15) is 29.6 Å². The molecule has 120 valence electrons. The fourth-order valence-corrected chi connectivity index (χ4v) is 3.47. The summed E-state index contributed by atoms with van der Waals surface area (Å²) in [5, 5.41) is 9.99. The van der Waals surface area contributed by atoms with E-state index in [1.54, 1.807) is 24.2 Å². The third-order valence-electron chi connectivity index (χ3n) is 4.87. The molecule has 0 spiro atoms. The van der Waals surface area contributed by atoms with Crippen LogP contribution in [0.25, 0.3) is 0 Å². The van der Waals surface area contributed by atoms with Crippen molar-refractivity contribution in [3.63, 3.8) is 0 Å². The van der Waals surface area contributed by atoms with Gasteiger partial charge in [-0.2, -0.15) is 0 Å². The number of rotatable bonds is 2. The fraction of sp³-hybridized carbons (Fsp3) is 0.625. The van der Waals surface area contributed by atoms with Crippen LogP contribution in [0.15, 0.2) is 23.1 Å². The number of carbonyl (C=O) groups is 1. The van der Waals surface area contributed by atoms with E-state index in [-0.39, 0.29) is 23.6 Å². The minimum Gasteiger partial charge on any atom is -0.391 e. The van der Waals surface area contributed by atoms with Gasteiger partial charge in [0, 0.05) is 57.1 Å². The van der Waals surface area contributed by atoms with Gasteiger partial charge in [0.25, 0.3) is 11.5 Å². The molecule has 1 N–H and O–H groups in total. The lowest BCUT2D eigenvalue weighted by Gasteiger charge is -2.39. The average molecular weight is 305 g/mol. The molecule has 2 unspecified atom stereocenters. The molecule has 0 aromatic carbocycles. The first-order valence-corrected chi connectivity index (χ1v) is 7.94. The van der Waals surface area contributed by atoms with Crippen molar-refractivity contribution in [2.24, 2.45) is 7.05 Å². The maximum Gasteiger partial charge on any atom is 0.254 e. The number of hydrogen-bond acceptors (Lipinski definition) is 4. The Morgan fingerprint density at radius 2 is 1.95 bits per heavy atom. The van der Waals surface area contributed by atoms with Crippen LogP contribution in [0.5, 0.6) is 0 Å². The third-order valence-corrected chi connectivity index (χ3v) is 4.87. The summed E-state index contributed by atoms with van der Waals surface area (Å²) in [4.78, 5) is 28.2. The zero-order valence-electron chi connectivity index (χ0n) is 12.9. The number of aryl methyl sites for hydroxylation is 1. The van der Waals surface area contributed by atoms with E-state index in [1.807, 2.05) is 0 Å². The first-order valence-electron chi connectivity index (χ1n) is 7.94. The zero-order valence-corrected chi connectivity index (χ0v) is 12.9. The van der Waals surface area contributed by atoms with Crippen LogP contribution in [-0.4, -0.2) is 63.7 Å². The van der Waals surface area contributed by atoms with Gasteiger partial charge in [-0.15, -0.1) is 0 Å². The molecule has 3 rings (SSSR count). The van der Waals surface area contributed by atoms with E-state index in [1.165, 1.54) is 10.6 Å². The van der Waals surface area contributed by atoms with Crippen LogP contribution in [0.2, 0.25) is 0 Å². The second kappa shape index (κ2) is 6.22. The Morgan fingerprint density at radius 3 is 2.55 bits per heavy atom. The van der Waals surface area contributed by atoms with Gasteiger partial charge in [0.15, 0.2) is 0 Å². The molecule has 1 aromatic rings. The van der Waals surface area contributed by atoms with Crippen molar-refractivity contribution < 1.29 is 9.90 Å². The van der Waals surface area contributed by atoms with Gasteiger partial charge >= 0.3 is 0 Å². The highest BCUT2D eigenvalue weighted by Crippen LogP contribution is 2.25. The van der Waals surface area contributed by atoms with Crippen molar-refractivity contribution in [2.75, 3.05) is 26.2 Å². The second-order valence-corrected chi connectivity index (χ2v) is 6.26. The summed E-state index contributed by atoms with van der Waals surface area (Å²) < 4.78 is 1.45. The smallest absolute Gasteiger partial charge is 0.254 e. The Bertz CT molecular complexity index is 605. The number of amides is 1. The molecule has 1 amide bonds. The van der Waals surface area contributed by atoms with Gasteiger partial charge in [-0.3, -0.25) is 14.5 Å². The maximum absolute atomic E-state index is 12.5. The average Bonchev–Trinajstić information content (AvgIpc) is 2.95. The molecule has 6 nitrogen and oxygen atoms in total. The first kappa shape index (κ1) is 15.2. The van der Waals surface area contributed by atoms with Crippen molar-refractivity contribution in [1.82, 2.24) is 14.4 Å². The standard InChI is InChI=1S/C16H23N3O3/c1-17-6-5-12(11-15(17)21)16(22)19-9-7-18(8-10-19)13-3-2-4-14(13)20/h5-6,11,13-14,20H,2-4,7-10H2,1H3. The summed E-state index contributed by atoms with van der Waals surface area (Å²) in [5.74, 6) is -0.0793. The Balaban J connectivity index is 1.62. The number of aliphatic hydroxyl groups excluding tert-OH is 1. The highest BCUT2D eigenvalue weighted by Gasteiger charge is 2.33. The number of aliphatic hydroxyl groups is 1. The molecular weight excluding hydrogens is 282 g/mol. The van der Waals surface area contributed by atoms with Crippen molar-refractivity contribution >= 4 is 5.91 Å². The Labute approximate surface area is 130 Å². The Kier molecular flexibility index (Phi) is 4.31. The molecule has 22 heavy (non-hydrogen) atoms. The number of piperazine rings is 1. The van der Waals surface area contributed by atoms with Crippen molar-refractivity contribution in [2.45, 2.75) is 31.4 Å². The third kappa shape index (κ3) is 2.94. The molecule has 2 heterocycles. The Hall–Kier alpha value is -1.66. The lowest BCUT2D eigenvalue weighted by atomic mass is 10.1. The summed E-state index contributed by atoms with van der Waals surface area (Å²) in [6.45, 7) is 2.88. The van der Waals surface area contributed by atoms with Gasteiger partial charge < -0.3 is 14.6 Å². The first-order chi connectivity index (χ1) is 10.6. The van der Waals surface area contributed by atoms with Gasteiger partial charge in [-0.25, -0.2) is 0 Å². The van der Waals surface area contributed by atoms with Crippen LogP contribution < -0.4 is 5.56 Å². The molecule has 0 radical (unpaired) electrons. The molecule has 1 saturated carbocycles. The predicted molar refractivity (Wildman–Crippen MR) is 82.8 cm³/mol. The predicted octanol–water partition coefficient (Wildman–Crippen LogP) is 0.0565. The molecule has 2 atom stereocenters. The number of nitrogens with zero attached hydrogens (tertiary/aromatic N) is 3. The van der Waals surface area contributed by atoms with Crippen LogP contribution in [-0.2, 0) is 7.05 Å². The SMILES string of the molecule is Cn1ccc(C(=O)N2CCN(C3CCCC3O)CC2)cc1=O. The molecular formula is C16H23N3O3. The van der Waals surface area contributed by atoms with Gasteiger partial charge in [0.1, 0.15) is 0 Å². The van der Waals surface area contributed by atoms with E-state index in [0.29, 0.717) is 18.7 Å². The highest BCUT2D eigenvalue weighted by atomic mass is 16.3. The number of carbonyl (C=O) groups excluding carboxylic acids is 1. The van der Waals surface area contributed by atoms with Crippen LogP contribution in [0.3, 0.4) is 0 Å². The lowest BCUT2D eigenvalue weighted by Crippen LogP contribution is -2.53. The molecule has 1 aliphatic heterocycles. The van der Waals surface area contributed by atoms with Crippen LogP contribution in [0.4, 0.5) is 0 Å². The summed E-state index contributed by atoms with van der Waals surface area (Å²) in [7, 11) is 1.67. The van der Waals surface area contributed by atoms with E-state index in [4.69, 9.17) is 0 Å². The van der Waals surface area contributed by atoms with Gasteiger partial charge in [0.2, 0.25) is 0 Å². The van der Waals surface area contributed by atoms with E-state index in [9.17, 15) is 14.7 Å². The summed E-state index contributed by atoms with van der Waals surface area (Å²) in [6, 6.07) is 3.34. The van der Waals surface area contributed by atoms with E-state index < -0.39 is 0 Å². The van der Waals surface area contributed by atoms with Crippen LogP contribution >= 0.6 is 0 Å². The molecule has 1 aliphatic carbocycles. The van der Waals surface area contributed by atoms with E-state index in [0.717, 1.165) is 32.4 Å². The van der Waals surface area contributed by atoms with Crippen molar-refractivity contribution in [1.29, 1.82) is 0 Å². The molecule has 0 bridgehead atoms. The Morgan fingerprint density at radius 1 is 1.23 bits per heavy atom. The largest absolute Gasteiger partial charge is 0.391 e. The molecule has 6 heteroatoms. The van der Waals surface area contributed by atoms with Gasteiger partial charge in [-0.05, 0) is 25.3 Å². The number of pyridine rings is 1.